The molecular formula is C14H17N3O3S. The lowest BCUT2D eigenvalue weighted by atomic mass is 9.85. The van der Waals surface area contributed by atoms with Gasteiger partial charge in [-0.2, -0.15) is 0 Å². The second-order valence-corrected chi connectivity index (χ2v) is 6.49. The lowest BCUT2D eigenvalue weighted by molar-refractivity contribution is -0.146. The Balaban J connectivity index is 1.72. The number of hydrogen-bond donors (Lipinski definition) is 1. The minimum atomic E-state index is -0.792. The third-order valence-electron chi connectivity index (χ3n) is 4.12. The maximum absolute atomic E-state index is 12.4. The van der Waals surface area contributed by atoms with Crippen LogP contribution < -0.4 is 5.32 Å². The summed E-state index contributed by atoms with van der Waals surface area (Å²) >= 11 is 1.47. The first-order valence-corrected chi connectivity index (χ1v) is 8.08. The van der Waals surface area contributed by atoms with E-state index in [0.717, 1.165) is 10.7 Å². The molecule has 1 N–H and O–H groups in total. The van der Waals surface area contributed by atoms with Crippen LogP contribution in [0.5, 0.6) is 0 Å². The van der Waals surface area contributed by atoms with Crippen LogP contribution in [0.2, 0.25) is 0 Å². The summed E-state index contributed by atoms with van der Waals surface area (Å²) in [6.07, 6.45) is 5.04. The fraction of sp³-hybridized carbons (Fsp3) is 0.571. The van der Waals surface area contributed by atoms with Crippen LogP contribution in [-0.4, -0.2) is 46.1 Å². The highest BCUT2D eigenvalue weighted by Gasteiger charge is 2.50. The van der Waals surface area contributed by atoms with Crippen LogP contribution in [0.15, 0.2) is 17.1 Å². The second kappa shape index (κ2) is 5.63. The summed E-state index contributed by atoms with van der Waals surface area (Å²) in [4.78, 5) is 42.3. The number of imide groups is 1. The van der Waals surface area contributed by atoms with Gasteiger partial charge in [0.2, 0.25) is 17.7 Å². The van der Waals surface area contributed by atoms with Crippen LogP contribution in [-0.2, 0) is 14.4 Å². The fourth-order valence-electron chi connectivity index (χ4n) is 2.95. The molecule has 112 valence electrons. The van der Waals surface area contributed by atoms with Gasteiger partial charge in [-0.1, -0.05) is 23.9 Å². The Morgan fingerprint density at radius 3 is 2.48 bits per heavy atom. The van der Waals surface area contributed by atoms with Gasteiger partial charge in [-0.05, 0) is 19.8 Å². The lowest BCUT2D eigenvalue weighted by Gasteiger charge is -2.22. The highest BCUT2D eigenvalue weighted by molar-refractivity contribution is 8.14. The number of hydrogen-bond acceptors (Lipinski definition) is 5. The van der Waals surface area contributed by atoms with Gasteiger partial charge in [0.05, 0.1) is 18.4 Å². The van der Waals surface area contributed by atoms with Crippen molar-refractivity contribution < 1.29 is 14.4 Å². The number of likely N-dealkylation sites (tertiary alicyclic amines) is 1. The summed E-state index contributed by atoms with van der Waals surface area (Å²) in [5.41, 5.74) is 0. The highest BCUT2D eigenvalue weighted by Crippen LogP contribution is 2.36. The quantitative estimate of drug-likeness (QED) is 0.597. The zero-order valence-corrected chi connectivity index (χ0v) is 12.6. The van der Waals surface area contributed by atoms with E-state index < -0.39 is 6.04 Å². The van der Waals surface area contributed by atoms with E-state index >= 15 is 0 Å². The fourth-order valence-corrected chi connectivity index (χ4v) is 3.68. The van der Waals surface area contributed by atoms with Crippen LogP contribution in [0.4, 0.5) is 0 Å². The molecule has 2 aliphatic heterocycles. The first kappa shape index (κ1) is 14.3. The molecule has 1 saturated heterocycles. The predicted molar refractivity (Wildman–Crippen MR) is 79.6 cm³/mol. The summed E-state index contributed by atoms with van der Waals surface area (Å²) in [5, 5.41) is 3.26. The molecule has 0 spiro atoms. The second-order valence-electron chi connectivity index (χ2n) is 5.40. The topological polar surface area (TPSA) is 78.8 Å². The molecule has 3 rings (SSSR count). The predicted octanol–water partition coefficient (Wildman–Crippen LogP) is 0.545. The van der Waals surface area contributed by atoms with E-state index in [2.05, 4.69) is 10.3 Å². The van der Waals surface area contributed by atoms with Gasteiger partial charge < -0.3 is 5.32 Å². The third kappa shape index (κ3) is 2.50. The van der Waals surface area contributed by atoms with E-state index in [9.17, 15) is 14.4 Å². The van der Waals surface area contributed by atoms with Gasteiger partial charge in [-0.3, -0.25) is 24.3 Å². The van der Waals surface area contributed by atoms with Crippen LogP contribution in [0.3, 0.4) is 0 Å². The van der Waals surface area contributed by atoms with Gasteiger partial charge in [0.15, 0.2) is 5.17 Å². The number of nitrogens with zero attached hydrogens (tertiary/aromatic N) is 2. The maximum Gasteiger partial charge on any atom is 0.248 e. The third-order valence-corrected chi connectivity index (χ3v) is 5.02. The highest BCUT2D eigenvalue weighted by atomic mass is 32.2. The molecule has 1 fully saturated rings. The summed E-state index contributed by atoms with van der Waals surface area (Å²) < 4.78 is 0. The Bertz CT molecular complexity index is 532. The van der Waals surface area contributed by atoms with Gasteiger partial charge in [-0.15, -0.1) is 0 Å². The van der Waals surface area contributed by atoms with Gasteiger partial charge in [-0.25, -0.2) is 0 Å². The smallest absolute Gasteiger partial charge is 0.248 e. The number of carbonyl (C=O) groups is 3. The molecule has 2 unspecified atom stereocenters. The van der Waals surface area contributed by atoms with E-state index in [4.69, 9.17) is 0 Å². The molecule has 21 heavy (non-hydrogen) atoms. The van der Waals surface area contributed by atoms with Gasteiger partial charge in [0.25, 0.3) is 0 Å². The number of thioether (sulfide) groups is 1. The van der Waals surface area contributed by atoms with Crippen molar-refractivity contribution in [1.82, 2.24) is 10.2 Å². The van der Waals surface area contributed by atoms with Crippen molar-refractivity contribution in [1.29, 1.82) is 0 Å². The van der Waals surface area contributed by atoms with Crippen molar-refractivity contribution in [3.8, 4) is 0 Å². The Hall–Kier alpha value is -1.63. The largest absolute Gasteiger partial charge is 0.304 e. The maximum atomic E-state index is 12.4. The molecule has 1 aliphatic carbocycles. The molecule has 0 saturated carbocycles. The molecule has 3 atom stereocenters. The van der Waals surface area contributed by atoms with E-state index in [1.54, 1.807) is 6.92 Å². The van der Waals surface area contributed by atoms with Gasteiger partial charge in [0, 0.05) is 5.75 Å². The molecule has 0 aromatic rings. The van der Waals surface area contributed by atoms with Gasteiger partial charge >= 0.3 is 0 Å². The van der Waals surface area contributed by atoms with Crippen LogP contribution in [0.1, 0.15) is 19.8 Å². The minimum absolute atomic E-state index is 0.224. The van der Waals surface area contributed by atoms with E-state index in [1.807, 2.05) is 12.2 Å². The summed E-state index contributed by atoms with van der Waals surface area (Å²) in [7, 11) is 0. The zero-order valence-electron chi connectivity index (χ0n) is 11.7. The number of amides is 3. The van der Waals surface area contributed by atoms with Crippen molar-refractivity contribution in [2.45, 2.75) is 25.8 Å². The van der Waals surface area contributed by atoms with Crippen molar-refractivity contribution >= 4 is 34.7 Å². The standard InChI is InChI=1S/C14H17N3O3S/c1-8(11(18)16-14-15-6-7-21-14)17-12(19)9-4-2-3-5-10(9)13(17)20/h2-3,8-10H,4-7H2,1H3,(H,15,16,18)/t8-,9?,10?/m0/s1. The molecule has 7 heteroatoms. The van der Waals surface area contributed by atoms with Crippen molar-refractivity contribution in [2.24, 2.45) is 16.8 Å². The van der Waals surface area contributed by atoms with Crippen LogP contribution in [0.25, 0.3) is 0 Å². The average Bonchev–Trinajstić information content (AvgIpc) is 3.07. The SMILES string of the molecule is C[C@@H](C(=O)NC1=NCCS1)N1C(=O)C2CC=CCC2C1=O. The molecular weight excluding hydrogens is 290 g/mol. The molecule has 3 aliphatic rings. The normalized spacial score (nSPS) is 29.4. The number of allylic oxidation sites excluding steroid dienone is 2. The summed E-state index contributed by atoms with van der Waals surface area (Å²) in [6, 6.07) is -0.792. The van der Waals surface area contributed by atoms with Crippen molar-refractivity contribution in [3.63, 3.8) is 0 Å². The number of amidine groups is 1. The monoisotopic (exact) mass is 307 g/mol. The Labute approximate surface area is 127 Å². The number of fused-ring (bicyclic) bond motifs is 1. The molecule has 3 amide bonds. The first-order chi connectivity index (χ1) is 10.1. The number of carbonyl (C=O) groups excluding carboxylic acids is 3. The number of nitrogens with one attached hydrogen (secondary N) is 1. The minimum Gasteiger partial charge on any atom is -0.304 e. The van der Waals surface area contributed by atoms with E-state index in [-0.39, 0.29) is 29.6 Å². The van der Waals surface area contributed by atoms with Crippen LogP contribution >= 0.6 is 11.8 Å². The summed E-state index contributed by atoms with van der Waals surface area (Å²) in [6.45, 7) is 2.28. The van der Waals surface area contributed by atoms with Crippen molar-refractivity contribution in [2.75, 3.05) is 12.3 Å². The summed E-state index contributed by atoms with van der Waals surface area (Å²) in [5.74, 6) is -0.541. The number of aliphatic imine (C=N–C) groups is 1. The van der Waals surface area contributed by atoms with E-state index in [1.165, 1.54) is 11.8 Å². The Morgan fingerprint density at radius 2 is 1.95 bits per heavy atom. The average molecular weight is 307 g/mol. The first-order valence-electron chi connectivity index (χ1n) is 7.09. The molecule has 0 radical (unpaired) electrons. The Morgan fingerprint density at radius 1 is 1.33 bits per heavy atom. The van der Waals surface area contributed by atoms with Crippen LogP contribution in [0, 0.1) is 11.8 Å². The molecule has 6 nitrogen and oxygen atoms in total. The zero-order chi connectivity index (χ0) is 15.0. The molecule has 0 aromatic heterocycles. The van der Waals surface area contributed by atoms with Gasteiger partial charge in [0.1, 0.15) is 6.04 Å². The Kier molecular flexibility index (Phi) is 3.84. The molecule has 0 aromatic carbocycles. The number of rotatable bonds is 2. The molecule has 2 heterocycles. The lowest BCUT2D eigenvalue weighted by Crippen LogP contribution is -2.49. The van der Waals surface area contributed by atoms with E-state index in [0.29, 0.717) is 24.6 Å². The molecule has 0 bridgehead atoms. The van der Waals surface area contributed by atoms with Crippen molar-refractivity contribution in [3.05, 3.63) is 12.2 Å².